The van der Waals surface area contributed by atoms with E-state index < -0.39 is 0 Å². The quantitative estimate of drug-likeness (QED) is 0.881. The zero-order valence-electron chi connectivity index (χ0n) is 11.6. The molecule has 0 radical (unpaired) electrons. The molecule has 3 fully saturated rings. The van der Waals surface area contributed by atoms with E-state index in [0.717, 1.165) is 29.9 Å². The van der Waals surface area contributed by atoms with Crippen LogP contribution in [0.1, 0.15) is 32.1 Å². The summed E-state index contributed by atoms with van der Waals surface area (Å²) in [5, 5.41) is 2.83. The third kappa shape index (κ3) is 2.00. The Bertz CT molecular complexity index is 501. The maximum Gasteiger partial charge on any atom is 0.411 e. The van der Waals surface area contributed by atoms with Crippen molar-refractivity contribution >= 4 is 11.8 Å². The number of carbonyl (C=O) groups is 1. The molecule has 3 heteroatoms. The summed E-state index contributed by atoms with van der Waals surface area (Å²) in [7, 11) is 0. The molecule has 3 saturated carbocycles. The van der Waals surface area contributed by atoms with Crippen molar-refractivity contribution in [3.05, 3.63) is 30.3 Å². The van der Waals surface area contributed by atoms with E-state index in [1.54, 1.807) is 0 Å². The van der Waals surface area contributed by atoms with Gasteiger partial charge >= 0.3 is 6.09 Å². The second-order valence-electron chi connectivity index (χ2n) is 6.59. The molecule has 0 aromatic heterocycles. The van der Waals surface area contributed by atoms with Gasteiger partial charge in [0.25, 0.3) is 0 Å². The van der Waals surface area contributed by atoms with Gasteiger partial charge in [-0.15, -0.1) is 0 Å². The number of rotatable bonds is 2. The molecule has 4 rings (SSSR count). The lowest BCUT2D eigenvalue weighted by Crippen LogP contribution is -2.33. The molecule has 1 aromatic rings. The molecule has 106 valence electrons. The van der Waals surface area contributed by atoms with Crippen LogP contribution in [0.5, 0.6) is 0 Å². The summed E-state index contributed by atoms with van der Waals surface area (Å²) in [5.74, 6) is 3.23. The van der Waals surface area contributed by atoms with E-state index in [2.05, 4.69) is 5.32 Å². The molecule has 0 aliphatic heterocycles. The third-order valence-corrected chi connectivity index (χ3v) is 5.65. The van der Waals surface area contributed by atoms with Crippen LogP contribution in [-0.2, 0) is 4.74 Å². The maximum atomic E-state index is 12.0. The first-order chi connectivity index (χ1) is 9.81. The molecule has 0 saturated heterocycles. The lowest BCUT2D eigenvalue weighted by molar-refractivity contribution is 0.0431. The van der Waals surface area contributed by atoms with Crippen LogP contribution < -0.4 is 5.32 Å². The Hall–Kier alpha value is -1.51. The van der Waals surface area contributed by atoms with E-state index in [1.807, 2.05) is 30.3 Å². The predicted molar refractivity (Wildman–Crippen MR) is 77.4 cm³/mol. The van der Waals surface area contributed by atoms with Gasteiger partial charge in [0.1, 0.15) is 6.10 Å². The number of anilines is 1. The SMILES string of the molecule is O=C(Nc1ccccc1)O[C@H]1C[C@@H]2C[C@@H]1[C@H]1CCC[C@H]21. The molecular formula is C17H21NO2. The number of hydrogen-bond acceptors (Lipinski definition) is 2. The highest BCUT2D eigenvalue weighted by atomic mass is 16.6. The fraction of sp³-hybridized carbons (Fsp3) is 0.588. The largest absolute Gasteiger partial charge is 0.446 e. The van der Waals surface area contributed by atoms with Crippen molar-refractivity contribution in [2.75, 3.05) is 5.32 Å². The Morgan fingerprint density at radius 3 is 2.70 bits per heavy atom. The van der Waals surface area contributed by atoms with Crippen LogP contribution in [0.15, 0.2) is 30.3 Å². The normalized spacial score (nSPS) is 37.7. The number of ether oxygens (including phenoxy) is 1. The number of amides is 1. The molecule has 0 heterocycles. The monoisotopic (exact) mass is 271 g/mol. The molecule has 3 aliphatic rings. The van der Waals surface area contributed by atoms with Crippen LogP contribution in [0.2, 0.25) is 0 Å². The van der Waals surface area contributed by atoms with Crippen molar-refractivity contribution in [1.82, 2.24) is 0 Å². The van der Waals surface area contributed by atoms with Crippen molar-refractivity contribution in [2.45, 2.75) is 38.2 Å². The van der Waals surface area contributed by atoms with Crippen molar-refractivity contribution in [2.24, 2.45) is 23.7 Å². The minimum atomic E-state index is -0.289. The summed E-state index contributed by atoms with van der Waals surface area (Å²) in [6.45, 7) is 0. The minimum absolute atomic E-state index is 0.156. The maximum absolute atomic E-state index is 12.0. The van der Waals surface area contributed by atoms with Gasteiger partial charge in [-0.3, -0.25) is 5.32 Å². The number of para-hydroxylation sites is 1. The first-order valence-corrected chi connectivity index (χ1v) is 7.84. The molecule has 1 amide bonds. The Morgan fingerprint density at radius 2 is 1.85 bits per heavy atom. The van der Waals surface area contributed by atoms with E-state index in [9.17, 15) is 4.79 Å². The Kier molecular flexibility index (Phi) is 2.94. The van der Waals surface area contributed by atoms with E-state index in [4.69, 9.17) is 4.74 Å². The lowest BCUT2D eigenvalue weighted by Gasteiger charge is -2.31. The molecule has 1 N–H and O–H groups in total. The van der Waals surface area contributed by atoms with Crippen LogP contribution in [0.4, 0.5) is 10.5 Å². The van der Waals surface area contributed by atoms with Crippen molar-refractivity contribution in [1.29, 1.82) is 0 Å². The first kappa shape index (κ1) is 12.2. The molecule has 3 nitrogen and oxygen atoms in total. The Balaban J connectivity index is 1.37. The van der Waals surface area contributed by atoms with Gasteiger partial charge in [-0.1, -0.05) is 24.6 Å². The van der Waals surface area contributed by atoms with Gasteiger partial charge in [0.15, 0.2) is 0 Å². The zero-order valence-corrected chi connectivity index (χ0v) is 11.6. The van der Waals surface area contributed by atoms with E-state index >= 15 is 0 Å². The molecule has 2 bridgehead atoms. The van der Waals surface area contributed by atoms with Gasteiger partial charge in [0, 0.05) is 5.69 Å². The summed E-state index contributed by atoms with van der Waals surface area (Å²) >= 11 is 0. The van der Waals surface area contributed by atoms with Gasteiger partial charge in [-0.25, -0.2) is 4.79 Å². The molecule has 0 spiro atoms. The van der Waals surface area contributed by atoms with Crippen LogP contribution in [0.25, 0.3) is 0 Å². The Morgan fingerprint density at radius 1 is 1.05 bits per heavy atom. The first-order valence-electron chi connectivity index (χ1n) is 7.84. The number of nitrogens with one attached hydrogen (secondary N) is 1. The van der Waals surface area contributed by atoms with Gasteiger partial charge in [0.05, 0.1) is 0 Å². The summed E-state index contributed by atoms with van der Waals surface area (Å²) in [6.07, 6.45) is 6.39. The van der Waals surface area contributed by atoms with Crippen molar-refractivity contribution in [3.8, 4) is 0 Å². The fourth-order valence-electron chi connectivity index (χ4n) is 4.95. The van der Waals surface area contributed by atoms with E-state index in [-0.39, 0.29) is 12.2 Å². The average Bonchev–Trinajstić information content (AvgIpc) is 3.11. The molecule has 20 heavy (non-hydrogen) atoms. The second kappa shape index (κ2) is 4.80. The molecule has 0 unspecified atom stereocenters. The van der Waals surface area contributed by atoms with E-state index in [0.29, 0.717) is 5.92 Å². The van der Waals surface area contributed by atoms with Crippen LogP contribution in [-0.4, -0.2) is 12.2 Å². The van der Waals surface area contributed by atoms with Gasteiger partial charge < -0.3 is 4.74 Å². The number of carbonyl (C=O) groups excluding carboxylic acids is 1. The average molecular weight is 271 g/mol. The molecule has 1 aromatic carbocycles. The topological polar surface area (TPSA) is 38.3 Å². The molecule has 3 aliphatic carbocycles. The van der Waals surface area contributed by atoms with Crippen molar-refractivity contribution < 1.29 is 9.53 Å². The van der Waals surface area contributed by atoms with Crippen LogP contribution in [0.3, 0.4) is 0 Å². The molecular weight excluding hydrogens is 250 g/mol. The summed E-state index contributed by atoms with van der Waals surface area (Å²) < 4.78 is 5.71. The van der Waals surface area contributed by atoms with Crippen molar-refractivity contribution in [3.63, 3.8) is 0 Å². The smallest absolute Gasteiger partial charge is 0.411 e. The number of benzene rings is 1. The predicted octanol–water partition coefficient (Wildman–Crippen LogP) is 4.06. The number of fused-ring (bicyclic) bond motifs is 5. The van der Waals surface area contributed by atoms with Gasteiger partial charge in [0.2, 0.25) is 0 Å². The van der Waals surface area contributed by atoms with E-state index in [1.165, 1.54) is 25.7 Å². The summed E-state index contributed by atoms with van der Waals surface area (Å²) in [5.41, 5.74) is 0.805. The summed E-state index contributed by atoms with van der Waals surface area (Å²) in [4.78, 5) is 12.0. The highest BCUT2D eigenvalue weighted by Gasteiger charge is 2.55. The lowest BCUT2D eigenvalue weighted by atomic mass is 9.80. The second-order valence-corrected chi connectivity index (χ2v) is 6.59. The zero-order chi connectivity index (χ0) is 13.5. The minimum Gasteiger partial charge on any atom is -0.446 e. The fourth-order valence-corrected chi connectivity index (χ4v) is 4.95. The van der Waals surface area contributed by atoms with Crippen LogP contribution >= 0.6 is 0 Å². The highest BCUT2D eigenvalue weighted by Crippen LogP contribution is 2.59. The number of hydrogen-bond donors (Lipinski definition) is 1. The van der Waals surface area contributed by atoms with Crippen LogP contribution in [0, 0.1) is 23.7 Å². The third-order valence-electron chi connectivity index (χ3n) is 5.65. The van der Waals surface area contributed by atoms with Gasteiger partial charge in [-0.05, 0) is 61.5 Å². The summed E-state index contributed by atoms with van der Waals surface area (Å²) in [6, 6.07) is 9.53. The standard InChI is InChI=1S/C17H21NO2/c19-17(18-12-5-2-1-3-6-12)20-16-10-11-9-15(16)14-8-4-7-13(11)14/h1-3,5-6,11,13-16H,4,7-10H2,(H,18,19)/t11-,13+,14-,15+,16-/m0/s1. The molecule has 5 atom stereocenters. The highest BCUT2D eigenvalue weighted by molar-refractivity contribution is 5.84. The van der Waals surface area contributed by atoms with Gasteiger partial charge in [-0.2, -0.15) is 0 Å². The Labute approximate surface area is 119 Å².